The third kappa shape index (κ3) is 3.22. The van der Waals surface area contributed by atoms with Gasteiger partial charge in [-0.1, -0.05) is 23.7 Å². The molecule has 0 fully saturated rings. The van der Waals surface area contributed by atoms with Crippen molar-refractivity contribution in [3.63, 3.8) is 0 Å². The lowest BCUT2D eigenvalue weighted by Gasteiger charge is -2.14. The Hall–Kier alpha value is -1.58. The predicted molar refractivity (Wildman–Crippen MR) is 70.8 cm³/mol. The van der Waals surface area contributed by atoms with Crippen LogP contribution >= 0.6 is 11.6 Å². The summed E-state index contributed by atoms with van der Waals surface area (Å²) in [5.74, 6) is 0.0200. The summed E-state index contributed by atoms with van der Waals surface area (Å²) in [7, 11) is 1.89. The Kier molecular flexibility index (Phi) is 4.18. The minimum Gasteiger partial charge on any atom is -0.472 e. The van der Waals surface area contributed by atoms with Gasteiger partial charge in [-0.25, -0.2) is 0 Å². The number of carbonyl (C=O) groups is 1. The number of furan rings is 1. The van der Waals surface area contributed by atoms with E-state index in [0.717, 1.165) is 5.56 Å². The van der Waals surface area contributed by atoms with Gasteiger partial charge in [0.15, 0.2) is 5.78 Å². The summed E-state index contributed by atoms with van der Waals surface area (Å²) in [6.45, 7) is 1.00. The number of rotatable bonds is 5. The third-order valence-electron chi connectivity index (χ3n) is 2.62. The summed E-state index contributed by atoms with van der Waals surface area (Å²) in [5.41, 5.74) is 1.61. The minimum atomic E-state index is 0.0200. The molecule has 1 aromatic heterocycles. The van der Waals surface area contributed by atoms with E-state index in [2.05, 4.69) is 0 Å². The first kappa shape index (κ1) is 12.9. The van der Waals surface area contributed by atoms with Gasteiger partial charge in [-0.2, -0.15) is 0 Å². The first-order valence-corrected chi connectivity index (χ1v) is 6.02. The zero-order valence-electron chi connectivity index (χ0n) is 10.1. The molecule has 4 heteroatoms. The van der Waals surface area contributed by atoms with Gasteiger partial charge in [0.2, 0.25) is 0 Å². The van der Waals surface area contributed by atoms with Gasteiger partial charge in [0.1, 0.15) is 0 Å². The standard InChI is InChI=1S/C14H14ClNO2/c1-16(8-11-6-7-18-10-11)9-14(17)12-4-2-3-5-13(12)15/h2-7,10H,8-9H2,1H3. The number of halogens is 1. The van der Waals surface area contributed by atoms with E-state index in [-0.39, 0.29) is 5.78 Å². The summed E-state index contributed by atoms with van der Waals surface area (Å²) >= 11 is 5.99. The van der Waals surface area contributed by atoms with E-state index >= 15 is 0 Å². The molecule has 0 saturated carbocycles. The third-order valence-corrected chi connectivity index (χ3v) is 2.95. The summed E-state index contributed by atoms with van der Waals surface area (Å²) < 4.78 is 4.99. The highest BCUT2D eigenvalue weighted by atomic mass is 35.5. The fourth-order valence-corrected chi connectivity index (χ4v) is 2.01. The van der Waals surface area contributed by atoms with Gasteiger partial charge in [-0.15, -0.1) is 0 Å². The molecule has 0 N–H and O–H groups in total. The van der Waals surface area contributed by atoms with E-state index in [1.807, 2.05) is 30.1 Å². The van der Waals surface area contributed by atoms with Gasteiger partial charge in [-0.05, 0) is 25.2 Å². The fourth-order valence-electron chi connectivity index (χ4n) is 1.77. The molecule has 2 aromatic rings. The molecule has 2 rings (SSSR count). The van der Waals surface area contributed by atoms with Crippen LogP contribution in [-0.4, -0.2) is 24.3 Å². The minimum absolute atomic E-state index is 0.0200. The lowest BCUT2D eigenvalue weighted by Crippen LogP contribution is -2.25. The molecule has 0 bridgehead atoms. The van der Waals surface area contributed by atoms with Gasteiger partial charge < -0.3 is 4.42 Å². The molecule has 1 aromatic carbocycles. The van der Waals surface area contributed by atoms with Gasteiger partial charge >= 0.3 is 0 Å². The highest BCUT2D eigenvalue weighted by molar-refractivity contribution is 6.34. The fraction of sp³-hybridized carbons (Fsp3) is 0.214. The predicted octanol–water partition coefficient (Wildman–Crippen LogP) is 3.25. The van der Waals surface area contributed by atoms with Crippen LogP contribution in [0.4, 0.5) is 0 Å². The molecule has 94 valence electrons. The first-order chi connectivity index (χ1) is 8.66. The van der Waals surface area contributed by atoms with Crippen molar-refractivity contribution in [2.45, 2.75) is 6.54 Å². The lowest BCUT2D eigenvalue weighted by molar-refractivity contribution is 0.0943. The monoisotopic (exact) mass is 263 g/mol. The summed E-state index contributed by atoms with van der Waals surface area (Å²) in [6, 6.07) is 8.99. The zero-order valence-corrected chi connectivity index (χ0v) is 10.9. The van der Waals surface area contributed by atoms with Crippen LogP contribution < -0.4 is 0 Å². The maximum atomic E-state index is 12.1. The van der Waals surface area contributed by atoms with Gasteiger partial charge in [-0.3, -0.25) is 9.69 Å². The van der Waals surface area contributed by atoms with Crippen LogP contribution in [0.1, 0.15) is 15.9 Å². The number of likely N-dealkylation sites (N-methyl/N-ethyl adjacent to an activating group) is 1. The molecule has 0 radical (unpaired) electrons. The van der Waals surface area contributed by atoms with E-state index in [4.69, 9.17) is 16.0 Å². The van der Waals surface area contributed by atoms with Crippen LogP contribution in [0.15, 0.2) is 47.3 Å². The zero-order chi connectivity index (χ0) is 13.0. The molecule has 0 aliphatic rings. The van der Waals surface area contributed by atoms with Gasteiger partial charge in [0.25, 0.3) is 0 Å². The van der Waals surface area contributed by atoms with Gasteiger partial charge in [0.05, 0.1) is 24.1 Å². The van der Waals surface area contributed by atoms with Crippen molar-refractivity contribution in [3.8, 4) is 0 Å². The molecule has 3 nitrogen and oxygen atoms in total. The SMILES string of the molecule is CN(CC(=O)c1ccccc1Cl)Cc1ccoc1. The van der Waals surface area contributed by atoms with Crippen molar-refractivity contribution >= 4 is 17.4 Å². The van der Waals surface area contributed by atoms with Crippen molar-refractivity contribution in [1.82, 2.24) is 4.90 Å². The van der Waals surface area contributed by atoms with E-state index in [1.54, 1.807) is 24.7 Å². The number of nitrogens with zero attached hydrogens (tertiary/aromatic N) is 1. The van der Waals surface area contributed by atoms with Crippen molar-refractivity contribution in [2.24, 2.45) is 0 Å². The van der Waals surface area contributed by atoms with Crippen molar-refractivity contribution < 1.29 is 9.21 Å². The quantitative estimate of drug-likeness (QED) is 0.777. The Bertz CT molecular complexity index is 522. The highest BCUT2D eigenvalue weighted by Gasteiger charge is 2.12. The number of benzene rings is 1. The maximum absolute atomic E-state index is 12.1. The molecule has 0 aliphatic carbocycles. The topological polar surface area (TPSA) is 33.5 Å². The van der Waals surface area contributed by atoms with Crippen molar-refractivity contribution in [1.29, 1.82) is 0 Å². The normalized spacial score (nSPS) is 10.8. The van der Waals surface area contributed by atoms with Crippen LogP contribution in [-0.2, 0) is 6.54 Å². The van der Waals surface area contributed by atoms with Crippen molar-refractivity contribution in [2.75, 3.05) is 13.6 Å². The Morgan fingerprint density at radius 1 is 1.33 bits per heavy atom. The molecule has 0 atom stereocenters. The molecule has 0 spiro atoms. The van der Waals surface area contributed by atoms with Crippen LogP contribution in [0.3, 0.4) is 0 Å². The molecule has 0 amide bonds. The molecule has 0 unspecified atom stereocenters. The smallest absolute Gasteiger partial charge is 0.178 e. The molecule has 0 saturated heterocycles. The number of ketones is 1. The summed E-state index contributed by atoms with van der Waals surface area (Å²) in [6.07, 6.45) is 3.30. The van der Waals surface area contributed by atoms with Crippen LogP contribution in [0.2, 0.25) is 5.02 Å². The van der Waals surface area contributed by atoms with E-state index < -0.39 is 0 Å². The average Bonchev–Trinajstić information content (AvgIpc) is 2.82. The molecule has 1 heterocycles. The number of hydrogen-bond acceptors (Lipinski definition) is 3. The molecular formula is C14H14ClNO2. The van der Waals surface area contributed by atoms with Crippen molar-refractivity contribution in [3.05, 3.63) is 59.0 Å². The van der Waals surface area contributed by atoms with Gasteiger partial charge in [0, 0.05) is 17.7 Å². The summed E-state index contributed by atoms with van der Waals surface area (Å²) in [4.78, 5) is 14.0. The second-order valence-electron chi connectivity index (χ2n) is 4.21. The largest absolute Gasteiger partial charge is 0.472 e. The number of hydrogen-bond donors (Lipinski definition) is 0. The van der Waals surface area contributed by atoms with Crippen LogP contribution in [0.5, 0.6) is 0 Å². The van der Waals surface area contributed by atoms with E-state index in [9.17, 15) is 4.79 Å². The Morgan fingerprint density at radius 3 is 2.78 bits per heavy atom. The molecular weight excluding hydrogens is 250 g/mol. The van der Waals surface area contributed by atoms with E-state index in [1.165, 1.54) is 0 Å². The first-order valence-electron chi connectivity index (χ1n) is 5.64. The second kappa shape index (κ2) is 5.85. The Balaban J connectivity index is 1.97. The Morgan fingerprint density at radius 2 is 2.11 bits per heavy atom. The average molecular weight is 264 g/mol. The Labute approximate surface area is 111 Å². The number of Topliss-reactive ketones (excluding diaryl/α,β-unsaturated/α-hetero) is 1. The lowest BCUT2D eigenvalue weighted by atomic mass is 10.1. The van der Waals surface area contributed by atoms with Crippen LogP contribution in [0, 0.1) is 0 Å². The maximum Gasteiger partial charge on any atom is 0.178 e. The summed E-state index contributed by atoms with van der Waals surface area (Å²) in [5, 5.41) is 0.499. The number of carbonyl (C=O) groups excluding carboxylic acids is 1. The van der Waals surface area contributed by atoms with Crippen LogP contribution in [0.25, 0.3) is 0 Å². The molecule has 18 heavy (non-hydrogen) atoms. The van der Waals surface area contributed by atoms with E-state index in [0.29, 0.717) is 23.7 Å². The highest BCUT2D eigenvalue weighted by Crippen LogP contribution is 2.16. The molecule has 0 aliphatic heterocycles. The second-order valence-corrected chi connectivity index (χ2v) is 4.61.